The fraction of sp³-hybridized carbons (Fsp3) is 0.700. The summed E-state index contributed by atoms with van der Waals surface area (Å²) in [6.45, 7) is 5.76. The van der Waals surface area contributed by atoms with E-state index in [9.17, 15) is 4.79 Å². The van der Waals surface area contributed by atoms with Crippen LogP contribution in [-0.2, 0) is 4.79 Å². The normalized spacial score (nSPS) is 18.8. The second kappa shape index (κ2) is 4.27. The molecule has 2 nitrogen and oxygen atoms in total. The lowest BCUT2D eigenvalue weighted by Crippen LogP contribution is -2.47. The molecule has 1 saturated heterocycles. The number of carbonyl (C=O) groups is 1. The lowest BCUT2D eigenvalue weighted by atomic mass is 9.85. The molecule has 1 fully saturated rings. The van der Waals surface area contributed by atoms with E-state index in [1.807, 2.05) is 6.92 Å². The minimum Gasteiger partial charge on any atom is -0.316 e. The largest absolute Gasteiger partial charge is 0.316 e. The Hall–Kier alpha value is -0.810. The van der Waals surface area contributed by atoms with E-state index in [2.05, 4.69) is 17.2 Å². The van der Waals surface area contributed by atoms with E-state index in [4.69, 9.17) is 0 Å². The predicted octanol–water partition coefficient (Wildman–Crippen LogP) is 0.824. The number of carbonyl (C=O) groups excluding carboxylic acids is 1. The highest BCUT2D eigenvalue weighted by molar-refractivity contribution is 5.83. The molecule has 0 bridgehead atoms. The summed E-state index contributed by atoms with van der Waals surface area (Å²) in [5, 5.41) is 3.16. The van der Waals surface area contributed by atoms with Crippen LogP contribution in [0.4, 0.5) is 0 Å². The summed E-state index contributed by atoms with van der Waals surface area (Å²) in [7, 11) is 0. The Morgan fingerprint density at radius 1 is 1.67 bits per heavy atom. The molecule has 0 aromatic carbocycles. The third kappa shape index (κ3) is 2.09. The van der Waals surface area contributed by atoms with Gasteiger partial charge in [0.05, 0.1) is 6.42 Å². The van der Waals surface area contributed by atoms with Gasteiger partial charge >= 0.3 is 0 Å². The van der Waals surface area contributed by atoms with Crippen molar-refractivity contribution in [2.75, 3.05) is 13.1 Å². The average Bonchev–Trinajstić information content (AvgIpc) is 1.96. The van der Waals surface area contributed by atoms with Crippen molar-refractivity contribution in [3.63, 3.8) is 0 Å². The van der Waals surface area contributed by atoms with Gasteiger partial charge in [0.2, 0.25) is 0 Å². The first kappa shape index (κ1) is 9.28. The number of hydrogen-bond acceptors (Lipinski definition) is 2. The summed E-state index contributed by atoms with van der Waals surface area (Å²) >= 11 is 0. The van der Waals surface area contributed by atoms with Crippen molar-refractivity contribution < 1.29 is 4.79 Å². The van der Waals surface area contributed by atoms with Gasteiger partial charge in [-0.3, -0.25) is 4.79 Å². The van der Waals surface area contributed by atoms with E-state index in [0.717, 1.165) is 13.1 Å². The van der Waals surface area contributed by atoms with Gasteiger partial charge in [0.15, 0.2) is 0 Å². The first-order chi connectivity index (χ1) is 5.75. The zero-order chi connectivity index (χ0) is 8.97. The van der Waals surface area contributed by atoms with Crippen molar-refractivity contribution in [3.8, 4) is 11.8 Å². The molecule has 1 rings (SSSR count). The van der Waals surface area contributed by atoms with Crippen molar-refractivity contribution in [1.29, 1.82) is 0 Å². The number of Topliss-reactive ketones (excluding diaryl/α,β-unsaturated/α-hetero) is 1. The van der Waals surface area contributed by atoms with Crippen LogP contribution in [0.15, 0.2) is 0 Å². The highest BCUT2D eigenvalue weighted by atomic mass is 16.1. The van der Waals surface area contributed by atoms with Crippen LogP contribution in [0.25, 0.3) is 0 Å². The van der Waals surface area contributed by atoms with E-state index in [1.165, 1.54) is 0 Å². The molecule has 0 amide bonds. The Kier molecular flexibility index (Phi) is 3.31. The van der Waals surface area contributed by atoms with Crippen LogP contribution in [0, 0.1) is 23.7 Å². The molecular formula is C10H15NO. The topological polar surface area (TPSA) is 29.1 Å². The van der Waals surface area contributed by atoms with Gasteiger partial charge in [-0.05, 0) is 25.9 Å². The number of hydrogen-bond donors (Lipinski definition) is 1. The Bertz CT molecular complexity index is 220. The maximum atomic E-state index is 11.4. The van der Waals surface area contributed by atoms with Crippen LogP contribution in [-0.4, -0.2) is 18.9 Å². The Morgan fingerprint density at radius 3 is 2.75 bits per heavy atom. The SMILES string of the molecule is CC#CCC(=O)C(C)C1CNC1. The fourth-order valence-electron chi connectivity index (χ4n) is 1.26. The summed E-state index contributed by atoms with van der Waals surface area (Å²) in [6, 6.07) is 0. The number of rotatable bonds is 3. The first-order valence-electron chi connectivity index (χ1n) is 4.38. The smallest absolute Gasteiger partial charge is 0.147 e. The molecule has 66 valence electrons. The molecule has 2 heteroatoms. The summed E-state index contributed by atoms with van der Waals surface area (Å²) in [5.41, 5.74) is 0. The molecule has 0 aliphatic carbocycles. The minimum absolute atomic E-state index is 0.187. The molecule has 1 heterocycles. The molecule has 1 aliphatic heterocycles. The van der Waals surface area contributed by atoms with Gasteiger partial charge in [0, 0.05) is 5.92 Å². The van der Waals surface area contributed by atoms with Crippen LogP contribution in [0.3, 0.4) is 0 Å². The van der Waals surface area contributed by atoms with Crippen molar-refractivity contribution in [3.05, 3.63) is 0 Å². The Morgan fingerprint density at radius 2 is 2.33 bits per heavy atom. The quantitative estimate of drug-likeness (QED) is 0.627. The van der Waals surface area contributed by atoms with Gasteiger partial charge in [-0.15, -0.1) is 5.92 Å². The van der Waals surface area contributed by atoms with E-state index in [0.29, 0.717) is 12.3 Å². The van der Waals surface area contributed by atoms with E-state index in [-0.39, 0.29) is 11.7 Å². The maximum Gasteiger partial charge on any atom is 0.147 e. The molecule has 1 unspecified atom stereocenters. The Balaban J connectivity index is 2.33. The van der Waals surface area contributed by atoms with Crippen molar-refractivity contribution >= 4 is 5.78 Å². The van der Waals surface area contributed by atoms with Crippen LogP contribution in [0.5, 0.6) is 0 Å². The number of nitrogens with one attached hydrogen (secondary N) is 1. The van der Waals surface area contributed by atoms with Crippen LogP contribution < -0.4 is 5.32 Å². The van der Waals surface area contributed by atoms with Crippen molar-refractivity contribution in [1.82, 2.24) is 5.32 Å². The highest BCUT2D eigenvalue weighted by Gasteiger charge is 2.27. The summed E-state index contributed by atoms with van der Waals surface area (Å²) < 4.78 is 0. The lowest BCUT2D eigenvalue weighted by molar-refractivity contribution is -0.123. The molecule has 1 aliphatic rings. The monoisotopic (exact) mass is 165 g/mol. The zero-order valence-electron chi connectivity index (χ0n) is 7.68. The second-order valence-electron chi connectivity index (χ2n) is 3.28. The highest BCUT2D eigenvalue weighted by Crippen LogP contribution is 2.17. The van der Waals surface area contributed by atoms with Crippen LogP contribution in [0.1, 0.15) is 20.3 Å². The lowest BCUT2D eigenvalue weighted by Gasteiger charge is -2.31. The molecule has 0 aromatic rings. The summed E-state index contributed by atoms with van der Waals surface area (Å²) in [5.74, 6) is 6.58. The molecule has 0 aromatic heterocycles. The molecule has 0 saturated carbocycles. The van der Waals surface area contributed by atoms with Crippen molar-refractivity contribution in [2.24, 2.45) is 11.8 Å². The van der Waals surface area contributed by atoms with E-state index >= 15 is 0 Å². The third-order valence-corrected chi connectivity index (χ3v) is 2.47. The standard InChI is InChI=1S/C10H15NO/c1-3-4-5-10(12)8(2)9-6-11-7-9/h8-9,11H,5-7H2,1-2H3. The predicted molar refractivity (Wildman–Crippen MR) is 48.6 cm³/mol. The third-order valence-electron chi connectivity index (χ3n) is 2.47. The number of ketones is 1. The average molecular weight is 165 g/mol. The minimum atomic E-state index is 0.187. The van der Waals surface area contributed by atoms with Gasteiger partial charge in [-0.2, -0.15) is 0 Å². The van der Waals surface area contributed by atoms with Gasteiger partial charge in [-0.25, -0.2) is 0 Å². The molecule has 1 N–H and O–H groups in total. The Labute approximate surface area is 73.7 Å². The molecule has 12 heavy (non-hydrogen) atoms. The van der Waals surface area contributed by atoms with E-state index in [1.54, 1.807) is 6.92 Å². The summed E-state index contributed by atoms with van der Waals surface area (Å²) in [4.78, 5) is 11.4. The van der Waals surface area contributed by atoms with Crippen LogP contribution >= 0.6 is 0 Å². The van der Waals surface area contributed by atoms with Crippen molar-refractivity contribution in [2.45, 2.75) is 20.3 Å². The van der Waals surface area contributed by atoms with Gasteiger partial charge in [0.1, 0.15) is 5.78 Å². The fourth-order valence-corrected chi connectivity index (χ4v) is 1.26. The van der Waals surface area contributed by atoms with Gasteiger partial charge in [0.25, 0.3) is 0 Å². The molecule has 0 spiro atoms. The zero-order valence-corrected chi connectivity index (χ0v) is 7.68. The van der Waals surface area contributed by atoms with Gasteiger partial charge in [-0.1, -0.05) is 12.8 Å². The summed E-state index contributed by atoms with van der Waals surface area (Å²) in [6.07, 6.45) is 0.425. The molecular weight excluding hydrogens is 150 g/mol. The van der Waals surface area contributed by atoms with Crippen LogP contribution in [0.2, 0.25) is 0 Å². The van der Waals surface area contributed by atoms with E-state index < -0.39 is 0 Å². The maximum absolute atomic E-state index is 11.4. The second-order valence-corrected chi connectivity index (χ2v) is 3.28. The first-order valence-corrected chi connectivity index (χ1v) is 4.38. The van der Waals surface area contributed by atoms with Gasteiger partial charge < -0.3 is 5.32 Å². The molecule has 1 atom stereocenters. The molecule has 0 radical (unpaired) electrons.